The van der Waals surface area contributed by atoms with Gasteiger partial charge in [-0.05, 0) is 37.8 Å². The number of rotatable bonds is 7. The van der Waals surface area contributed by atoms with Gasteiger partial charge < -0.3 is 25.0 Å². The van der Waals surface area contributed by atoms with E-state index in [1.807, 2.05) is 13.0 Å². The monoisotopic (exact) mass is 504 g/mol. The topological polar surface area (TPSA) is 75.2 Å². The van der Waals surface area contributed by atoms with Crippen molar-refractivity contribution in [1.82, 2.24) is 15.5 Å². The number of benzene rings is 1. The van der Waals surface area contributed by atoms with Gasteiger partial charge in [0.25, 0.3) is 0 Å². The van der Waals surface area contributed by atoms with E-state index in [0.717, 1.165) is 36.5 Å². The minimum Gasteiger partial charge on any atom is -0.450 e. The van der Waals surface area contributed by atoms with Gasteiger partial charge in [0.1, 0.15) is 0 Å². The van der Waals surface area contributed by atoms with Gasteiger partial charge >= 0.3 is 6.09 Å². The Morgan fingerprint density at radius 1 is 1.25 bits per heavy atom. The quantitative estimate of drug-likeness (QED) is 0.339. The van der Waals surface area contributed by atoms with Gasteiger partial charge in [0.05, 0.1) is 19.8 Å². The highest BCUT2D eigenvalue weighted by atomic mass is 127. The van der Waals surface area contributed by atoms with Gasteiger partial charge in [0.2, 0.25) is 0 Å². The lowest BCUT2D eigenvalue weighted by Gasteiger charge is -2.32. The van der Waals surface area contributed by atoms with Crippen molar-refractivity contribution < 1.29 is 14.3 Å². The number of methoxy groups -OCH3 is 1. The van der Waals surface area contributed by atoms with Gasteiger partial charge in [0, 0.05) is 32.8 Å². The second-order valence-corrected chi connectivity index (χ2v) is 6.55. The van der Waals surface area contributed by atoms with Gasteiger partial charge in [-0.3, -0.25) is 0 Å². The summed E-state index contributed by atoms with van der Waals surface area (Å²) in [4.78, 5) is 18.3. The predicted octanol–water partition coefficient (Wildman–Crippen LogP) is 3.13. The number of halogens is 1. The van der Waals surface area contributed by atoms with Gasteiger partial charge in [-0.15, -0.1) is 24.0 Å². The third-order valence-electron chi connectivity index (χ3n) is 4.43. The van der Waals surface area contributed by atoms with E-state index >= 15 is 0 Å². The summed E-state index contributed by atoms with van der Waals surface area (Å²) in [6.45, 7) is 7.72. The van der Waals surface area contributed by atoms with Crippen LogP contribution in [0.4, 0.5) is 4.79 Å². The smallest absolute Gasteiger partial charge is 0.409 e. The average Bonchev–Trinajstić information content (AvgIpc) is 2.68. The molecule has 1 heterocycles. The van der Waals surface area contributed by atoms with Crippen LogP contribution < -0.4 is 10.6 Å². The SMILES string of the molecule is CCNC(=NCc1cccc(COC)c1)NC1CCN(C(=O)OCC)CC1.I. The normalized spacial score (nSPS) is 15.0. The molecule has 0 spiro atoms. The fourth-order valence-corrected chi connectivity index (χ4v) is 3.09. The number of hydrogen-bond donors (Lipinski definition) is 2. The highest BCUT2D eigenvalue weighted by Gasteiger charge is 2.23. The van der Waals surface area contributed by atoms with Crippen LogP contribution in [0.15, 0.2) is 29.3 Å². The van der Waals surface area contributed by atoms with Crippen molar-refractivity contribution in [2.45, 2.75) is 45.9 Å². The first-order valence-electron chi connectivity index (χ1n) is 9.69. The van der Waals surface area contributed by atoms with Crippen LogP contribution in [0.2, 0.25) is 0 Å². The third kappa shape index (κ3) is 8.22. The molecule has 0 unspecified atom stereocenters. The Bertz CT molecular complexity index is 619. The lowest BCUT2D eigenvalue weighted by molar-refractivity contribution is 0.0963. The Morgan fingerprint density at radius 2 is 1.96 bits per heavy atom. The van der Waals surface area contributed by atoms with Crippen LogP contribution in [-0.2, 0) is 22.6 Å². The molecule has 0 saturated carbocycles. The fourth-order valence-electron chi connectivity index (χ4n) is 3.09. The Morgan fingerprint density at radius 3 is 2.61 bits per heavy atom. The number of carbonyl (C=O) groups excluding carboxylic acids is 1. The van der Waals surface area contributed by atoms with E-state index < -0.39 is 0 Å². The fraction of sp³-hybridized carbons (Fsp3) is 0.600. The van der Waals surface area contributed by atoms with Crippen molar-refractivity contribution in [3.8, 4) is 0 Å². The van der Waals surface area contributed by atoms with Crippen molar-refractivity contribution in [2.75, 3.05) is 33.4 Å². The summed E-state index contributed by atoms with van der Waals surface area (Å²) in [7, 11) is 1.70. The molecule has 8 heteroatoms. The summed E-state index contributed by atoms with van der Waals surface area (Å²) < 4.78 is 10.3. The van der Waals surface area contributed by atoms with E-state index in [1.165, 1.54) is 0 Å². The number of aliphatic imine (C=N–C) groups is 1. The van der Waals surface area contributed by atoms with E-state index in [-0.39, 0.29) is 30.1 Å². The third-order valence-corrected chi connectivity index (χ3v) is 4.43. The highest BCUT2D eigenvalue weighted by Crippen LogP contribution is 2.12. The van der Waals surface area contributed by atoms with Crippen molar-refractivity contribution in [2.24, 2.45) is 4.99 Å². The maximum Gasteiger partial charge on any atom is 0.409 e. The molecule has 158 valence electrons. The van der Waals surface area contributed by atoms with E-state index in [4.69, 9.17) is 14.5 Å². The number of carbonyl (C=O) groups is 1. The number of guanidine groups is 1. The number of likely N-dealkylation sites (tertiary alicyclic amines) is 1. The molecule has 1 saturated heterocycles. The summed E-state index contributed by atoms with van der Waals surface area (Å²) in [6.07, 6.45) is 1.55. The van der Waals surface area contributed by atoms with E-state index in [2.05, 4.69) is 35.8 Å². The molecule has 0 atom stereocenters. The van der Waals surface area contributed by atoms with Crippen molar-refractivity contribution >= 4 is 36.0 Å². The van der Waals surface area contributed by atoms with Gasteiger partial charge in [-0.1, -0.05) is 24.3 Å². The zero-order valence-corrected chi connectivity index (χ0v) is 19.4. The molecule has 0 aliphatic carbocycles. The molecular weight excluding hydrogens is 471 g/mol. The molecule has 0 aromatic heterocycles. The Kier molecular flexibility index (Phi) is 11.9. The Balaban J connectivity index is 0.00000392. The van der Waals surface area contributed by atoms with Crippen molar-refractivity contribution in [3.63, 3.8) is 0 Å². The zero-order valence-electron chi connectivity index (χ0n) is 17.1. The van der Waals surface area contributed by atoms with Crippen LogP contribution in [0.3, 0.4) is 0 Å². The lowest BCUT2D eigenvalue weighted by atomic mass is 10.1. The van der Waals surface area contributed by atoms with E-state index in [0.29, 0.717) is 38.9 Å². The number of ether oxygens (including phenoxy) is 2. The molecule has 1 aliphatic heterocycles. The molecule has 1 amide bonds. The number of nitrogens with zero attached hydrogens (tertiary/aromatic N) is 2. The number of amides is 1. The van der Waals surface area contributed by atoms with Gasteiger partial charge in [0.15, 0.2) is 5.96 Å². The maximum atomic E-state index is 11.8. The first-order chi connectivity index (χ1) is 13.2. The predicted molar refractivity (Wildman–Crippen MR) is 122 cm³/mol. The Labute approximate surface area is 185 Å². The van der Waals surface area contributed by atoms with Gasteiger partial charge in [-0.25, -0.2) is 9.79 Å². The molecule has 0 radical (unpaired) electrons. The number of nitrogens with one attached hydrogen (secondary N) is 2. The van der Waals surface area contributed by atoms with Crippen LogP contribution in [-0.4, -0.2) is 56.3 Å². The first kappa shape index (κ1) is 24.5. The average molecular weight is 504 g/mol. The minimum absolute atomic E-state index is 0. The molecule has 7 nitrogen and oxygen atoms in total. The summed E-state index contributed by atoms with van der Waals surface area (Å²) in [5, 5.41) is 6.80. The van der Waals surface area contributed by atoms with Gasteiger partial charge in [-0.2, -0.15) is 0 Å². The summed E-state index contributed by atoms with van der Waals surface area (Å²) in [5.41, 5.74) is 2.30. The van der Waals surface area contributed by atoms with Crippen molar-refractivity contribution in [3.05, 3.63) is 35.4 Å². The van der Waals surface area contributed by atoms with Crippen LogP contribution in [0.1, 0.15) is 37.8 Å². The maximum absolute atomic E-state index is 11.8. The largest absolute Gasteiger partial charge is 0.450 e. The van der Waals surface area contributed by atoms with Crippen LogP contribution in [0, 0.1) is 0 Å². The van der Waals surface area contributed by atoms with E-state index in [9.17, 15) is 4.79 Å². The standard InChI is InChI=1S/C20H32N4O3.HI/c1-4-21-19(22-14-16-7-6-8-17(13-16)15-26-3)23-18-9-11-24(12-10-18)20(25)27-5-2;/h6-8,13,18H,4-5,9-12,14-15H2,1-3H3,(H2,21,22,23);1H. The molecule has 2 rings (SSSR count). The van der Waals surface area contributed by atoms with Crippen LogP contribution in [0.25, 0.3) is 0 Å². The van der Waals surface area contributed by atoms with Crippen LogP contribution >= 0.6 is 24.0 Å². The minimum atomic E-state index is -0.215. The number of hydrogen-bond acceptors (Lipinski definition) is 4. The molecule has 1 aliphatic rings. The zero-order chi connectivity index (χ0) is 19.5. The van der Waals surface area contributed by atoms with Crippen LogP contribution in [0.5, 0.6) is 0 Å². The molecule has 28 heavy (non-hydrogen) atoms. The lowest BCUT2D eigenvalue weighted by Crippen LogP contribution is -2.49. The Hall–Kier alpha value is -1.55. The molecule has 1 aromatic rings. The second-order valence-electron chi connectivity index (χ2n) is 6.55. The molecule has 1 fully saturated rings. The first-order valence-corrected chi connectivity index (χ1v) is 9.69. The second kappa shape index (κ2) is 13.6. The number of piperidine rings is 1. The van der Waals surface area contributed by atoms with Crippen molar-refractivity contribution in [1.29, 1.82) is 0 Å². The molecular formula is C20H33IN4O3. The summed E-state index contributed by atoms with van der Waals surface area (Å²) >= 11 is 0. The highest BCUT2D eigenvalue weighted by molar-refractivity contribution is 14.0. The molecule has 0 bridgehead atoms. The van der Waals surface area contributed by atoms with E-state index in [1.54, 1.807) is 12.0 Å². The summed E-state index contributed by atoms with van der Waals surface area (Å²) in [5.74, 6) is 0.809. The molecule has 1 aromatic carbocycles. The summed E-state index contributed by atoms with van der Waals surface area (Å²) in [6, 6.07) is 8.58. The molecule has 2 N–H and O–H groups in total.